The van der Waals surface area contributed by atoms with Crippen molar-refractivity contribution in [3.8, 4) is 21.8 Å². The topological polar surface area (TPSA) is 28.7 Å². The molecule has 0 saturated carbocycles. The molecule has 1 aliphatic rings. The second-order valence-corrected chi connectivity index (χ2v) is 5.18. The van der Waals surface area contributed by atoms with Crippen LogP contribution < -0.4 is 0 Å². The summed E-state index contributed by atoms with van der Waals surface area (Å²) in [5, 5.41) is 9.76. The summed E-state index contributed by atoms with van der Waals surface area (Å²) in [7, 11) is 0. The van der Waals surface area contributed by atoms with Crippen LogP contribution >= 0.6 is 11.3 Å². The number of hydrogen-bond acceptors (Lipinski definition) is 2. The van der Waals surface area contributed by atoms with Crippen LogP contribution in [0.15, 0.2) is 41.8 Å². The lowest BCUT2D eigenvalue weighted by Gasteiger charge is -1.97. The van der Waals surface area contributed by atoms with E-state index in [-0.39, 0.29) is 0 Å². The van der Waals surface area contributed by atoms with Gasteiger partial charge in [0.1, 0.15) is 0 Å². The quantitative estimate of drug-likeness (QED) is 0.538. The molecule has 0 saturated heterocycles. The molecule has 3 heteroatoms. The average Bonchev–Trinajstić information content (AvgIpc) is 3.04. The van der Waals surface area contributed by atoms with Gasteiger partial charge in [-0.15, -0.1) is 11.3 Å². The van der Waals surface area contributed by atoms with Crippen LogP contribution in [0.5, 0.6) is 0 Å². The van der Waals surface area contributed by atoms with Crippen LogP contribution in [0.25, 0.3) is 21.8 Å². The molecule has 1 N–H and O–H groups in total. The van der Waals surface area contributed by atoms with E-state index in [1.807, 2.05) is 0 Å². The van der Waals surface area contributed by atoms with E-state index in [2.05, 4.69) is 52.0 Å². The van der Waals surface area contributed by atoms with Gasteiger partial charge in [0.05, 0.1) is 16.3 Å². The minimum absolute atomic E-state index is 0.995. The van der Waals surface area contributed by atoms with E-state index in [1.165, 1.54) is 27.3 Å². The molecule has 1 aromatic carbocycles. The van der Waals surface area contributed by atoms with E-state index < -0.39 is 0 Å². The Morgan fingerprint density at radius 1 is 1.12 bits per heavy atom. The summed E-state index contributed by atoms with van der Waals surface area (Å²) in [6, 6.07) is 12.7. The number of benzene rings is 1. The standard InChI is InChI=1S/C14H10N2S/c1-2-5-10-9(4-1)8-11-13(10)15-16-14(11)12-6-3-7-17-12/h1-7H,8H2,(H,15,16). The first-order valence-corrected chi connectivity index (χ1v) is 6.51. The van der Waals surface area contributed by atoms with Gasteiger partial charge < -0.3 is 0 Å². The van der Waals surface area contributed by atoms with Gasteiger partial charge in [-0.2, -0.15) is 5.10 Å². The van der Waals surface area contributed by atoms with Crippen LogP contribution in [-0.2, 0) is 6.42 Å². The third-order valence-corrected chi connectivity index (χ3v) is 4.16. The van der Waals surface area contributed by atoms with Crippen LogP contribution in [-0.4, -0.2) is 10.2 Å². The fourth-order valence-corrected chi connectivity index (χ4v) is 3.23. The number of thiophene rings is 1. The van der Waals surface area contributed by atoms with Gasteiger partial charge in [-0.25, -0.2) is 0 Å². The third-order valence-electron chi connectivity index (χ3n) is 3.27. The van der Waals surface area contributed by atoms with E-state index >= 15 is 0 Å². The highest BCUT2D eigenvalue weighted by Crippen LogP contribution is 2.40. The number of hydrogen-bond donors (Lipinski definition) is 1. The van der Waals surface area contributed by atoms with Gasteiger partial charge in [-0.05, 0) is 17.0 Å². The van der Waals surface area contributed by atoms with Crippen molar-refractivity contribution in [2.45, 2.75) is 6.42 Å². The summed E-state index contributed by atoms with van der Waals surface area (Å²) in [5.41, 5.74) is 6.32. The Hall–Kier alpha value is -1.87. The molecule has 0 amide bonds. The van der Waals surface area contributed by atoms with Crippen molar-refractivity contribution in [3.05, 3.63) is 52.9 Å². The van der Waals surface area contributed by atoms with Crippen LogP contribution in [0, 0.1) is 0 Å². The smallest absolute Gasteiger partial charge is 0.0965 e. The van der Waals surface area contributed by atoms with Gasteiger partial charge >= 0.3 is 0 Å². The first-order chi connectivity index (χ1) is 8.43. The molecular weight excluding hydrogens is 228 g/mol. The highest BCUT2D eigenvalue weighted by Gasteiger charge is 2.24. The van der Waals surface area contributed by atoms with Crippen molar-refractivity contribution in [1.29, 1.82) is 0 Å². The molecule has 3 aromatic rings. The Labute approximate surface area is 103 Å². The highest BCUT2D eigenvalue weighted by molar-refractivity contribution is 7.13. The zero-order valence-electron chi connectivity index (χ0n) is 9.10. The summed E-state index contributed by atoms with van der Waals surface area (Å²) in [5.74, 6) is 0. The largest absolute Gasteiger partial charge is 0.276 e. The Morgan fingerprint density at radius 3 is 2.94 bits per heavy atom. The summed E-state index contributed by atoms with van der Waals surface area (Å²) in [4.78, 5) is 1.27. The van der Waals surface area contributed by atoms with Crippen LogP contribution in [0.2, 0.25) is 0 Å². The average molecular weight is 238 g/mol. The summed E-state index contributed by atoms with van der Waals surface area (Å²) in [6.45, 7) is 0. The van der Waals surface area contributed by atoms with Crippen LogP contribution in [0.1, 0.15) is 11.1 Å². The molecule has 17 heavy (non-hydrogen) atoms. The predicted molar refractivity (Wildman–Crippen MR) is 70.1 cm³/mol. The molecule has 4 rings (SSSR count). The molecule has 0 radical (unpaired) electrons. The lowest BCUT2D eigenvalue weighted by Crippen LogP contribution is -1.84. The Balaban J connectivity index is 1.93. The Bertz CT molecular complexity index is 680. The van der Waals surface area contributed by atoms with E-state index in [9.17, 15) is 0 Å². The lowest BCUT2D eigenvalue weighted by molar-refractivity contribution is 1.10. The molecule has 0 unspecified atom stereocenters. The lowest BCUT2D eigenvalue weighted by atomic mass is 10.1. The van der Waals surface area contributed by atoms with Crippen molar-refractivity contribution >= 4 is 11.3 Å². The normalized spacial score (nSPS) is 12.5. The number of aromatic amines is 1. The zero-order chi connectivity index (χ0) is 11.2. The predicted octanol–water partition coefficient (Wildman–Crippen LogP) is 3.71. The number of rotatable bonds is 1. The summed E-state index contributed by atoms with van der Waals surface area (Å²) >= 11 is 1.75. The fourth-order valence-electron chi connectivity index (χ4n) is 2.48. The highest BCUT2D eigenvalue weighted by atomic mass is 32.1. The van der Waals surface area contributed by atoms with Crippen molar-refractivity contribution < 1.29 is 0 Å². The molecule has 0 aliphatic heterocycles. The third kappa shape index (κ3) is 1.23. The molecule has 0 fully saturated rings. The molecule has 0 spiro atoms. The zero-order valence-corrected chi connectivity index (χ0v) is 9.92. The molecule has 2 aromatic heterocycles. The van der Waals surface area contributed by atoms with Gasteiger partial charge in [0, 0.05) is 17.5 Å². The van der Waals surface area contributed by atoms with Crippen LogP contribution in [0.4, 0.5) is 0 Å². The van der Waals surface area contributed by atoms with Gasteiger partial charge in [-0.1, -0.05) is 30.3 Å². The maximum Gasteiger partial charge on any atom is 0.0965 e. The Kier molecular flexibility index (Phi) is 1.79. The molecule has 0 bridgehead atoms. The number of H-pyrrole nitrogens is 1. The van der Waals surface area contributed by atoms with Crippen molar-refractivity contribution in [3.63, 3.8) is 0 Å². The number of aromatic nitrogens is 2. The molecule has 1 aliphatic carbocycles. The van der Waals surface area contributed by atoms with E-state index in [0.29, 0.717) is 0 Å². The van der Waals surface area contributed by atoms with Gasteiger partial charge in [0.2, 0.25) is 0 Å². The van der Waals surface area contributed by atoms with Crippen molar-refractivity contribution in [2.24, 2.45) is 0 Å². The molecular formula is C14H10N2S. The molecule has 2 heterocycles. The second-order valence-electron chi connectivity index (χ2n) is 4.24. The fraction of sp³-hybridized carbons (Fsp3) is 0.0714. The SMILES string of the molecule is c1csc(-c2[nH]nc3c2Cc2ccccc2-3)c1. The van der Waals surface area contributed by atoms with E-state index in [4.69, 9.17) is 0 Å². The van der Waals surface area contributed by atoms with Crippen molar-refractivity contribution in [1.82, 2.24) is 10.2 Å². The molecule has 0 atom stereocenters. The van der Waals surface area contributed by atoms with Gasteiger partial charge in [0.25, 0.3) is 0 Å². The maximum atomic E-state index is 4.48. The monoisotopic (exact) mass is 238 g/mol. The second kappa shape index (κ2) is 3.31. The first kappa shape index (κ1) is 9.19. The van der Waals surface area contributed by atoms with Crippen molar-refractivity contribution in [2.75, 3.05) is 0 Å². The molecule has 82 valence electrons. The summed E-state index contributed by atoms with van der Waals surface area (Å²) in [6.07, 6.45) is 0.995. The first-order valence-electron chi connectivity index (χ1n) is 5.63. The van der Waals surface area contributed by atoms with E-state index in [0.717, 1.165) is 12.1 Å². The Morgan fingerprint density at radius 2 is 2.06 bits per heavy atom. The van der Waals surface area contributed by atoms with Gasteiger partial charge in [-0.3, -0.25) is 5.10 Å². The van der Waals surface area contributed by atoms with Crippen LogP contribution in [0.3, 0.4) is 0 Å². The number of fused-ring (bicyclic) bond motifs is 3. The minimum atomic E-state index is 0.995. The number of nitrogens with one attached hydrogen (secondary N) is 1. The minimum Gasteiger partial charge on any atom is -0.276 e. The van der Waals surface area contributed by atoms with E-state index in [1.54, 1.807) is 11.3 Å². The maximum absolute atomic E-state index is 4.48. The number of nitrogens with zero attached hydrogens (tertiary/aromatic N) is 1. The van der Waals surface area contributed by atoms with Gasteiger partial charge in [0.15, 0.2) is 0 Å². The summed E-state index contributed by atoms with van der Waals surface area (Å²) < 4.78 is 0. The molecule has 2 nitrogen and oxygen atoms in total.